The van der Waals surface area contributed by atoms with Gasteiger partial charge in [0.2, 0.25) is 5.91 Å². The van der Waals surface area contributed by atoms with E-state index in [9.17, 15) is 9.18 Å². The Labute approximate surface area is 178 Å². The molecular formula is C22H23FN4O2S. The lowest BCUT2D eigenvalue weighted by atomic mass is 9.95. The van der Waals surface area contributed by atoms with E-state index in [1.54, 1.807) is 23.5 Å². The second kappa shape index (κ2) is 8.28. The molecule has 2 aromatic heterocycles. The van der Waals surface area contributed by atoms with Gasteiger partial charge in [-0.2, -0.15) is 0 Å². The van der Waals surface area contributed by atoms with E-state index < -0.39 is 0 Å². The number of benzene rings is 1. The number of amides is 1. The van der Waals surface area contributed by atoms with Crippen LogP contribution < -0.4 is 4.90 Å². The molecule has 0 N–H and O–H groups in total. The second-order valence-electron chi connectivity index (χ2n) is 7.72. The summed E-state index contributed by atoms with van der Waals surface area (Å²) in [6, 6.07) is 10.3. The summed E-state index contributed by atoms with van der Waals surface area (Å²) in [6.07, 6.45) is 1.70. The number of anilines is 1. The van der Waals surface area contributed by atoms with Crippen molar-refractivity contribution in [2.75, 3.05) is 44.3 Å². The number of nitrogens with zero attached hydrogens (tertiary/aromatic N) is 4. The summed E-state index contributed by atoms with van der Waals surface area (Å²) in [5, 5.41) is 0.950. The Morgan fingerprint density at radius 2 is 1.73 bits per heavy atom. The number of piperidine rings is 1. The van der Waals surface area contributed by atoms with Crippen LogP contribution in [0.5, 0.6) is 0 Å². The van der Waals surface area contributed by atoms with E-state index in [2.05, 4.69) is 4.90 Å². The minimum atomic E-state index is -0.254. The van der Waals surface area contributed by atoms with E-state index in [0.717, 1.165) is 52.7 Å². The molecule has 0 unspecified atom stereocenters. The fraction of sp³-hybridized carbons (Fsp3) is 0.409. The number of carbonyl (C=O) groups excluding carboxylic acids is 1. The molecule has 156 valence electrons. The van der Waals surface area contributed by atoms with Crippen molar-refractivity contribution in [2.24, 2.45) is 5.92 Å². The third-order valence-corrected chi connectivity index (χ3v) is 6.85. The van der Waals surface area contributed by atoms with Gasteiger partial charge in [-0.15, -0.1) is 0 Å². The van der Waals surface area contributed by atoms with Gasteiger partial charge in [0.1, 0.15) is 16.2 Å². The molecule has 0 bridgehead atoms. The zero-order chi connectivity index (χ0) is 20.5. The van der Waals surface area contributed by atoms with Crippen LogP contribution >= 0.6 is 11.3 Å². The molecule has 30 heavy (non-hydrogen) atoms. The van der Waals surface area contributed by atoms with E-state index in [1.165, 1.54) is 12.1 Å². The Kier molecular flexibility index (Phi) is 5.35. The molecular weight excluding hydrogens is 403 g/mol. The van der Waals surface area contributed by atoms with Gasteiger partial charge >= 0.3 is 0 Å². The van der Waals surface area contributed by atoms with Gasteiger partial charge in [-0.3, -0.25) is 4.79 Å². The van der Waals surface area contributed by atoms with Crippen molar-refractivity contribution in [1.82, 2.24) is 14.9 Å². The molecule has 6 nitrogen and oxygen atoms in total. The zero-order valence-electron chi connectivity index (χ0n) is 16.6. The van der Waals surface area contributed by atoms with Crippen LogP contribution in [0.15, 0.2) is 36.4 Å². The van der Waals surface area contributed by atoms with Crippen molar-refractivity contribution in [1.29, 1.82) is 0 Å². The average molecular weight is 427 g/mol. The largest absolute Gasteiger partial charge is 0.378 e. The molecule has 0 atom stereocenters. The molecule has 5 rings (SSSR count). The quantitative estimate of drug-likeness (QED) is 0.641. The van der Waals surface area contributed by atoms with E-state index in [1.807, 2.05) is 17.0 Å². The number of carbonyl (C=O) groups is 1. The second-order valence-corrected chi connectivity index (χ2v) is 8.68. The first-order valence-corrected chi connectivity index (χ1v) is 11.1. The Morgan fingerprint density at radius 3 is 2.47 bits per heavy atom. The van der Waals surface area contributed by atoms with Gasteiger partial charge in [-0.1, -0.05) is 11.3 Å². The van der Waals surface area contributed by atoms with Crippen LogP contribution in [0.2, 0.25) is 0 Å². The number of ether oxygens (including phenoxy) is 1. The van der Waals surface area contributed by atoms with E-state index in [-0.39, 0.29) is 17.6 Å². The normalized spacial score (nSPS) is 18.2. The molecule has 4 heterocycles. The number of hydrogen-bond donors (Lipinski definition) is 0. The number of hydrogen-bond acceptors (Lipinski definition) is 6. The van der Waals surface area contributed by atoms with Crippen LogP contribution in [-0.4, -0.2) is 60.2 Å². The summed E-state index contributed by atoms with van der Waals surface area (Å²) in [5.74, 6) is 0.111. The van der Waals surface area contributed by atoms with Gasteiger partial charge in [-0.05, 0) is 49.2 Å². The van der Waals surface area contributed by atoms with Crippen LogP contribution in [0, 0.1) is 11.7 Å². The number of morpholine rings is 1. The fourth-order valence-corrected chi connectivity index (χ4v) is 5.07. The summed E-state index contributed by atoms with van der Waals surface area (Å²) in [6.45, 7) is 4.35. The molecule has 8 heteroatoms. The highest BCUT2D eigenvalue weighted by Gasteiger charge is 2.30. The molecule has 2 aliphatic rings. The molecule has 0 aliphatic carbocycles. The maximum atomic E-state index is 13.2. The molecule has 2 fully saturated rings. The lowest BCUT2D eigenvalue weighted by molar-refractivity contribution is -0.140. The van der Waals surface area contributed by atoms with Gasteiger partial charge in [0.05, 0.1) is 18.9 Å². The van der Waals surface area contributed by atoms with Crippen molar-refractivity contribution >= 4 is 32.7 Å². The van der Waals surface area contributed by atoms with E-state index in [4.69, 9.17) is 14.7 Å². The highest BCUT2D eigenvalue weighted by atomic mass is 32.1. The molecule has 1 amide bonds. The van der Waals surface area contributed by atoms with Crippen molar-refractivity contribution in [3.63, 3.8) is 0 Å². The predicted molar refractivity (Wildman–Crippen MR) is 115 cm³/mol. The molecule has 0 radical (unpaired) electrons. The molecule has 0 spiro atoms. The zero-order valence-corrected chi connectivity index (χ0v) is 17.4. The lowest BCUT2D eigenvalue weighted by Gasteiger charge is -2.35. The summed E-state index contributed by atoms with van der Waals surface area (Å²) in [5.41, 5.74) is 2.57. The van der Waals surface area contributed by atoms with Crippen molar-refractivity contribution in [2.45, 2.75) is 12.8 Å². The predicted octanol–water partition coefficient (Wildman–Crippen LogP) is 3.57. The highest BCUT2D eigenvalue weighted by molar-refractivity contribution is 7.21. The monoisotopic (exact) mass is 426 g/mol. The van der Waals surface area contributed by atoms with Crippen LogP contribution in [0.25, 0.3) is 21.6 Å². The van der Waals surface area contributed by atoms with Gasteiger partial charge in [0.15, 0.2) is 5.13 Å². The number of rotatable bonds is 3. The average Bonchev–Trinajstić information content (AvgIpc) is 3.23. The van der Waals surface area contributed by atoms with Crippen molar-refractivity contribution < 1.29 is 13.9 Å². The lowest BCUT2D eigenvalue weighted by Crippen LogP contribution is -2.46. The number of pyridine rings is 1. The van der Waals surface area contributed by atoms with Crippen LogP contribution in [0.4, 0.5) is 9.52 Å². The first-order valence-electron chi connectivity index (χ1n) is 10.3. The van der Waals surface area contributed by atoms with Crippen LogP contribution in [0.3, 0.4) is 0 Å². The standard InChI is InChI=1S/C22H23FN4O2S/c23-17-3-1-15(2-4-17)18-5-6-19-20(24-18)30-22(25-19)27-9-7-16(8-10-27)21(28)26-11-13-29-14-12-26/h1-6,16H,7-14H2. The van der Waals surface area contributed by atoms with Crippen molar-refractivity contribution in [3.8, 4) is 11.3 Å². The summed E-state index contributed by atoms with van der Waals surface area (Å²) >= 11 is 1.57. The maximum absolute atomic E-state index is 13.2. The molecule has 3 aromatic rings. The minimum Gasteiger partial charge on any atom is -0.378 e. The Balaban J connectivity index is 1.27. The van der Waals surface area contributed by atoms with Crippen molar-refractivity contribution in [3.05, 3.63) is 42.2 Å². The molecule has 2 aliphatic heterocycles. The maximum Gasteiger partial charge on any atom is 0.225 e. The van der Waals surface area contributed by atoms with Gasteiger partial charge in [0, 0.05) is 37.7 Å². The Hall–Kier alpha value is -2.58. The number of thiazole rings is 1. The van der Waals surface area contributed by atoms with E-state index >= 15 is 0 Å². The SMILES string of the molecule is O=C(C1CCN(c2nc3ccc(-c4ccc(F)cc4)nc3s2)CC1)N1CCOCC1. The van der Waals surface area contributed by atoms with E-state index in [0.29, 0.717) is 26.3 Å². The third-order valence-electron chi connectivity index (χ3n) is 5.82. The number of fused-ring (bicyclic) bond motifs is 1. The third kappa shape index (κ3) is 3.89. The smallest absolute Gasteiger partial charge is 0.225 e. The van der Waals surface area contributed by atoms with Gasteiger partial charge < -0.3 is 14.5 Å². The highest BCUT2D eigenvalue weighted by Crippen LogP contribution is 2.32. The summed E-state index contributed by atoms with van der Waals surface area (Å²) in [7, 11) is 0. The van der Waals surface area contributed by atoms with Gasteiger partial charge in [-0.25, -0.2) is 14.4 Å². The minimum absolute atomic E-state index is 0.0944. The molecule has 1 aromatic carbocycles. The Morgan fingerprint density at radius 1 is 1.00 bits per heavy atom. The topological polar surface area (TPSA) is 58.6 Å². The summed E-state index contributed by atoms with van der Waals surface area (Å²) in [4.78, 5) is 27.3. The number of aromatic nitrogens is 2. The molecule has 0 saturated carbocycles. The van der Waals surface area contributed by atoms with Crippen LogP contribution in [0.1, 0.15) is 12.8 Å². The van der Waals surface area contributed by atoms with Gasteiger partial charge in [0.25, 0.3) is 0 Å². The Bertz CT molecular complexity index is 1040. The molecule has 2 saturated heterocycles. The number of halogens is 1. The fourth-order valence-electron chi connectivity index (χ4n) is 4.08. The first-order chi connectivity index (χ1) is 14.7. The first kappa shape index (κ1) is 19.4. The summed E-state index contributed by atoms with van der Waals surface area (Å²) < 4.78 is 18.5. The van der Waals surface area contributed by atoms with Crippen LogP contribution in [-0.2, 0) is 9.53 Å².